The van der Waals surface area contributed by atoms with Gasteiger partial charge in [0.1, 0.15) is 0 Å². The third-order valence-corrected chi connectivity index (χ3v) is 4.22. The lowest BCUT2D eigenvalue weighted by atomic mass is 10.1. The number of hydrogen-bond acceptors (Lipinski definition) is 3. The molecule has 4 nitrogen and oxygen atoms in total. The van der Waals surface area contributed by atoms with Crippen molar-refractivity contribution in [2.24, 2.45) is 0 Å². The molecule has 0 radical (unpaired) electrons. The van der Waals surface area contributed by atoms with Crippen LogP contribution in [0.2, 0.25) is 5.02 Å². The van der Waals surface area contributed by atoms with Crippen LogP contribution < -0.4 is 10.6 Å². The smallest absolute Gasteiger partial charge is 0.234 e. The van der Waals surface area contributed by atoms with E-state index in [1.807, 2.05) is 31.3 Å². The number of likely N-dealkylation sites (N-methyl/N-ethyl adjacent to an activating group) is 1. The van der Waals surface area contributed by atoms with Gasteiger partial charge in [-0.1, -0.05) is 23.7 Å². The number of nitrogens with one attached hydrogen (secondary N) is 2. The quantitative estimate of drug-likeness (QED) is 0.875. The van der Waals surface area contributed by atoms with Gasteiger partial charge in [-0.3, -0.25) is 9.69 Å². The zero-order valence-corrected chi connectivity index (χ0v) is 13.3. The number of carbonyl (C=O) groups excluding carboxylic acids is 1. The van der Waals surface area contributed by atoms with Crippen LogP contribution in [0.5, 0.6) is 0 Å². The van der Waals surface area contributed by atoms with Gasteiger partial charge in [-0.2, -0.15) is 0 Å². The van der Waals surface area contributed by atoms with Gasteiger partial charge in [-0.15, -0.1) is 0 Å². The van der Waals surface area contributed by atoms with Gasteiger partial charge in [0, 0.05) is 17.6 Å². The summed E-state index contributed by atoms with van der Waals surface area (Å²) in [4.78, 5) is 14.2. The van der Waals surface area contributed by atoms with Gasteiger partial charge in [0.05, 0.1) is 6.54 Å². The first-order valence-electron chi connectivity index (χ1n) is 7.57. The van der Waals surface area contributed by atoms with Gasteiger partial charge >= 0.3 is 0 Å². The van der Waals surface area contributed by atoms with Crippen molar-refractivity contribution in [2.45, 2.75) is 31.8 Å². The SMILES string of the molecule is CN(CC(=O)NCc1ccc(Cl)cc1)C1CCCNCC1. The predicted molar refractivity (Wildman–Crippen MR) is 86.4 cm³/mol. The second-order valence-corrected chi connectivity index (χ2v) is 6.09. The van der Waals surface area contributed by atoms with Gasteiger partial charge in [0.15, 0.2) is 0 Å². The topological polar surface area (TPSA) is 44.4 Å². The highest BCUT2D eigenvalue weighted by Gasteiger charge is 2.18. The van der Waals surface area contributed by atoms with Crippen LogP contribution in [-0.2, 0) is 11.3 Å². The van der Waals surface area contributed by atoms with Crippen molar-refractivity contribution in [1.82, 2.24) is 15.5 Å². The molecule has 1 unspecified atom stereocenters. The number of benzene rings is 1. The predicted octanol–water partition coefficient (Wildman–Crippen LogP) is 2.03. The molecule has 0 saturated carbocycles. The van der Waals surface area contributed by atoms with Gasteiger partial charge < -0.3 is 10.6 Å². The number of halogens is 1. The minimum atomic E-state index is 0.0738. The van der Waals surface area contributed by atoms with E-state index in [0.717, 1.165) is 31.5 Å². The summed E-state index contributed by atoms with van der Waals surface area (Å²) in [5.41, 5.74) is 1.06. The fraction of sp³-hybridized carbons (Fsp3) is 0.562. The first kappa shape index (κ1) is 16.3. The van der Waals surface area contributed by atoms with E-state index >= 15 is 0 Å². The van der Waals surface area contributed by atoms with E-state index in [0.29, 0.717) is 24.2 Å². The molecule has 5 heteroatoms. The highest BCUT2D eigenvalue weighted by molar-refractivity contribution is 6.30. The summed E-state index contributed by atoms with van der Waals surface area (Å²) >= 11 is 5.84. The Kier molecular flexibility index (Phi) is 6.49. The van der Waals surface area contributed by atoms with E-state index in [2.05, 4.69) is 15.5 Å². The Hall–Kier alpha value is -1.10. The van der Waals surface area contributed by atoms with Gasteiger partial charge in [0.25, 0.3) is 0 Å². The normalized spacial score (nSPS) is 19.3. The van der Waals surface area contributed by atoms with Gasteiger partial charge in [-0.25, -0.2) is 0 Å². The van der Waals surface area contributed by atoms with Crippen LogP contribution in [0.3, 0.4) is 0 Å². The Balaban J connectivity index is 1.74. The molecule has 116 valence electrons. The summed E-state index contributed by atoms with van der Waals surface area (Å²) in [7, 11) is 2.04. The molecular formula is C16H24ClN3O. The molecule has 0 aromatic heterocycles. The zero-order chi connectivity index (χ0) is 15.1. The third-order valence-electron chi connectivity index (χ3n) is 3.96. The second-order valence-electron chi connectivity index (χ2n) is 5.65. The van der Waals surface area contributed by atoms with E-state index < -0.39 is 0 Å². The highest BCUT2D eigenvalue weighted by Crippen LogP contribution is 2.11. The third kappa shape index (κ3) is 5.65. The van der Waals surface area contributed by atoms with Crippen molar-refractivity contribution in [3.8, 4) is 0 Å². The minimum absolute atomic E-state index is 0.0738. The number of amides is 1. The van der Waals surface area contributed by atoms with Crippen LogP contribution in [0.4, 0.5) is 0 Å². The monoisotopic (exact) mass is 309 g/mol. The maximum absolute atomic E-state index is 12.0. The Bertz CT molecular complexity index is 441. The summed E-state index contributed by atoms with van der Waals surface area (Å²) in [5.74, 6) is 0.0738. The summed E-state index contributed by atoms with van der Waals surface area (Å²) in [6.45, 7) is 3.14. The van der Waals surface area contributed by atoms with Crippen molar-refractivity contribution in [3.63, 3.8) is 0 Å². The average molecular weight is 310 g/mol. The van der Waals surface area contributed by atoms with Gasteiger partial charge in [0.2, 0.25) is 5.91 Å². The van der Waals surface area contributed by atoms with Gasteiger partial charge in [-0.05, 0) is 57.1 Å². The maximum Gasteiger partial charge on any atom is 0.234 e. The first-order valence-corrected chi connectivity index (χ1v) is 7.95. The summed E-state index contributed by atoms with van der Waals surface area (Å²) < 4.78 is 0. The highest BCUT2D eigenvalue weighted by atomic mass is 35.5. The first-order chi connectivity index (χ1) is 10.1. The molecule has 1 fully saturated rings. The van der Waals surface area contributed by atoms with E-state index in [9.17, 15) is 4.79 Å². The summed E-state index contributed by atoms with van der Waals surface area (Å²) in [6.07, 6.45) is 3.45. The second kappa shape index (κ2) is 8.37. The van der Waals surface area contributed by atoms with Crippen LogP contribution in [0.1, 0.15) is 24.8 Å². The van der Waals surface area contributed by atoms with E-state index in [-0.39, 0.29) is 5.91 Å². The van der Waals surface area contributed by atoms with E-state index in [1.165, 1.54) is 6.42 Å². The lowest BCUT2D eigenvalue weighted by Gasteiger charge is -2.26. The summed E-state index contributed by atoms with van der Waals surface area (Å²) in [6, 6.07) is 8.05. The molecule has 1 saturated heterocycles. The molecule has 0 aliphatic carbocycles. The van der Waals surface area contributed by atoms with E-state index in [1.54, 1.807) is 0 Å². The number of carbonyl (C=O) groups is 1. The Morgan fingerprint density at radius 1 is 1.33 bits per heavy atom. The Morgan fingerprint density at radius 3 is 2.86 bits per heavy atom. The molecule has 2 rings (SSSR count). The summed E-state index contributed by atoms with van der Waals surface area (Å²) in [5, 5.41) is 7.08. The van der Waals surface area contributed by atoms with Crippen molar-refractivity contribution >= 4 is 17.5 Å². The van der Waals surface area contributed by atoms with Crippen molar-refractivity contribution < 1.29 is 4.79 Å². The fourth-order valence-corrected chi connectivity index (χ4v) is 2.78. The lowest BCUT2D eigenvalue weighted by Crippen LogP contribution is -2.40. The Labute approximate surface area is 131 Å². The molecule has 1 heterocycles. The Morgan fingerprint density at radius 2 is 2.10 bits per heavy atom. The minimum Gasteiger partial charge on any atom is -0.351 e. The van der Waals surface area contributed by atoms with Crippen LogP contribution in [0, 0.1) is 0 Å². The van der Waals surface area contributed by atoms with Crippen LogP contribution in [0.25, 0.3) is 0 Å². The van der Waals surface area contributed by atoms with Crippen molar-refractivity contribution in [1.29, 1.82) is 0 Å². The van der Waals surface area contributed by atoms with Crippen molar-refractivity contribution in [2.75, 3.05) is 26.7 Å². The van der Waals surface area contributed by atoms with E-state index in [4.69, 9.17) is 11.6 Å². The number of nitrogens with zero attached hydrogens (tertiary/aromatic N) is 1. The zero-order valence-electron chi connectivity index (χ0n) is 12.6. The number of hydrogen-bond donors (Lipinski definition) is 2. The molecular weight excluding hydrogens is 286 g/mol. The molecule has 1 aliphatic heterocycles. The molecule has 2 N–H and O–H groups in total. The molecule has 1 atom stereocenters. The molecule has 1 amide bonds. The fourth-order valence-electron chi connectivity index (χ4n) is 2.66. The van der Waals surface area contributed by atoms with Crippen LogP contribution in [-0.4, -0.2) is 43.5 Å². The molecule has 1 aromatic rings. The molecule has 0 bridgehead atoms. The maximum atomic E-state index is 12.0. The van der Waals surface area contributed by atoms with Crippen LogP contribution >= 0.6 is 11.6 Å². The molecule has 0 spiro atoms. The van der Waals surface area contributed by atoms with Crippen LogP contribution in [0.15, 0.2) is 24.3 Å². The standard InChI is InChI=1S/C16H24ClN3O/c1-20(15-3-2-9-18-10-8-15)12-16(21)19-11-13-4-6-14(17)7-5-13/h4-7,15,18H,2-3,8-12H2,1H3,(H,19,21). The number of rotatable bonds is 5. The molecule has 21 heavy (non-hydrogen) atoms. The molecule has 1 aliphatic rings. The molecule has 1 aromatic carbocycles. The average Bonchev–Trinajstić information content (AvgIpc) is 2.76. The van der Waals surface area contributed by atoms with Crippen molar-refractivity contribution in [3.05, 3.63) is 34.9 Å². The lowest BCUT2D eigenvalue weighted by molar-refractivity contribution is -0.122. The largest absolute Gasteiger partial charge is 0.351 e.